The molecule has 1 heterocycles. The molecule has 0 saturated carbocycles. The van der Waals surface area contributed by atoms with E-state index in [1.54, 1.807) is 37.3 Å². The number of rotatable bonds is 3. The molecular weight excluding hydrogens is 424 g/mol. The summed E-state index contributed by atoms with van der Waals surface area (Å²) in [5, 5.41) is 0.460. The van der Waals surface area contributed by atoms with E-state index in [1.807, 2.05) is 12.1 Å². The number of halogens is 2. The first-order chi connectivity index (χ1) is 11.0. The number of benzene rings is 2. The van der Waals surface area contributed by atoms with Crippen molar-refractivity contribution in [2.45, 2.75) is 13.0 Å². The number of ketones is 1. The second-order valence-corrected chi connectivity index (χ2v) is 6.92. The molecule has 0 fully saturated rings. The van der Waals surface area contributed by atoms with E-state index < -0.39 is 6.04 Å². The highest BCUT2D eigenvalue weighted by atomic mass is 79.9. The van der Waals surface area contributed by atoms with Gasteiger partial charge in [-0.15, -0.1) is 0 Å². The number of hydrogen-bond donors (Lipinski definition) is 0. The highest BCUT2D eigenvalue weighted by Gasteiger charge is 2.19. The van der Waals surface area contributed by atoms with Crippen LogP contribution in [0.4, 0.5) is 0 Å². The standard InChI is InChI=1S/C17H12Br2N2O2/c1-10(16(22)11-5-3-2-4-6-11)21-9-20-15-13(17(21)23)7-12(18)8-14(15)19/h2-10H,1H3. The molecule has 6 heteroatoms. The van der Waals surface area contributed by atoms with Crippen LogP contribution in [0, 0.1) is 0 Å². The van der Waals surface area contributed by atoms with Crippen LogP contribution < -0.4 is 5.56 Å². The molecule has 1 atom stereocenters. The fourth-order valence-electron chi connectivity index (χ4n) is 2.42. The Morgan fingerprint density at radius 3 is 2.57 bits per heavy atom. The van der Waals surface area contributed by atoms with Crippen LogP contribution in [0.1, 0.15) is 23.3 Å². The lowest BCUT2D eigenvalue weighted by Gasteiger charge is -2.14. The summed E-state index contributed by atoms with van der Waals surface area (Å²) in [6.07, 6.45) is 1.43. The molecule has 4 nitrogen and oxygen atoms in total. The molecule has 2 aromatic carbocycles. The predicted molar refractivity (Wildman–Crippen MR) is 96.9 cm³/mol. The number of fused-ring (bicyclic) bond motifs is 1. The molecule has 0 amide bonds. The summed E-state index contributed by atoms with van der Waals surface area (Å²) < 4.78 is 2.88. The van der Waals surface area contributed by atoms with Gasteiger partial charge in [0.2, 0.25) is 0 Å². The zero-order valence-corrected chi connectivity index (χ0v) is 15.3. The topological polar surface area (TPSA) is 52.0 Å². The van der Waals surface area contributed by atoms with E-state index in [2.05, 4.69) is 36.8 Å². The Hall–Kier alpha value is -1.79. The molecular formula is C17H12Br2N2O2. The number of aromatic nitrogens is 2. The third-order valence-corrected chi connectivity index (χ3v) is 4.72. The average Bonchev–Trinajstić information content (AvgIpc) is 2.55. The zero-order valence-electron chi connectivity index (χ0n) is 12.2. The third-order valence-electron chi connectivity index (χ3n) is 3.66. The third kappa shape index (κ3) is 3.01. The second-order valence-electron chi connectivity index (χ2n) is 5.15. The Labute approximate surface area is 149 Å². The van der Waals surface area contributed by atoms with Gasteiger partial charge in [0.15, 0.2) is 5.78 Å². The molecule has 1 aromatic heterocycles. The van der Waals surface area contributed by atoms with Gasteiger partial charge in [-0.1, -0.05) is 46.3 Å². The zero-order chi connectivity index (χ0) is 16.6. The summed E-state index contributed by atoms with van der Waals surface area (Å²) >= 11 is 6.77. The van der Waals surface area contributed by atoms with E-state index in [0.29, 0.717) is 16.5 Å². The summed E-state index contributed by atoms with van der Waals surface area (Å²) in [7, 11) is 0. The molecule has 0 saturated heterocycles. The summed E-state index contributed by atoms with van der Waals surface area (Å²) in [5.74, 6) is -0.122. The molecule has 0 bridgehead atoms. The molecule has 0 aliphatic carbocycles. The van der Waals surface area contributed by atoms with E-state index in [-0.39, 0.29) is 11.3 Å². The summed E-state index contributed by atoms with van der Waals surface area (Å²) in [5.41, 5.74) is 0.907. The summed E-state index contributed by atoms with van der Waals surface area (Å²) in [6, 6.07) is 11.9. The number of carbonyl (C=O) groups excluding carboxylic acids is 1. The molecule has 1 unspecified atom stereocenters. The van der Waals surface area contributed by atoms with Crippen molar-refractivity contribution in [3.05, 3.63) is 73.7 Å². The maximum Gasteiger partial charge on any atom is 0.261 e. The van der Waals surface area contributed by atoms with Crippen molar-refractivity contribution in [2.24, 2.45) is 0 Å². The van der Waals surface area contributed by atoms with Gasteiger partial charge in [-0.3, -0.25) is 14.2 Å². The normalized spacial score (nSPS) is 12.3. The van der Waals surface area contributed by atoms with Gasteiger partial charge in [0.25, 0.3) is 5.56 Å². The van der Waals surface area contributed by atoms with Crippen LogP contribution in [0.3, 0.4) is 0 Å². The van der Waals surface area contributed by atoms with Crippen LogP contribution in [-0.4, -0.2) is 15.3 Å². The maximum atomic E-state index is 12.7. The predicted octanol–water partition coefficient (Wildman–Crippen LogP) is 4.37. The minimum atomic E-state index is -0.625. The Balaban J connectivity index is 2.12. The molecule has 3 rings (SSSR count). The van der Waals surface area contributed by atoms with Crippen LogP contribution in [0.25, 0.3) is 10.9 Å². The molecule has 0 radical (unpaired) electrons. The number of hydrogen-bond acceptors (Lipinski definition) is 3. The first kappa shape index (κ1) is 16.1. The summed E-state index contributed by atoms with van der Waals surface area (Å²) in [4.78, 5) is 29.6. The van der Waals surface area contributed by atoms with E-state index in [1.165, 1.54) is 10.9 Å². The van der Waals surface area contributed by atoms with Crippen LogP contribution in [0.5, 0.6) is 0 Å². The average molecular weight is 436 g/mol. The van der Waals surface area contributed by atoms with Gasteiger partial charge in [0, 0.05) is 14.5 Å². The van der Waals surface area contributed by atoms with Gasteiger partial charge in [0.1, 0.15) is 0 Å². The van der Waals surface area contributed by atoms with E-state index in [0.717, 1.165) is 8.95 Å². The van der Waals surface area contributed by atoms with Crippen molar-refractivity contribution in [2.75, 3.05) is 0 Å². The Bertz CT molecular complexity index is 952. The van der Waals surface area contributed by atoms with Crippen LogP contribution in [0.2, 0.25) is 0 Å². The fraction of sp³-hybridized carbons (Fsp3) is 0.118. The monoisotopic (exact) mass is 434 g/mol. The van der Waals surface area contributed by atoms with Crippen molar-refractivity contribution in [1.82, 2.24) is 9.55 Å². The minimum absolute atomic E-state index is 0.122. The van der Waals surface area contributed by atoms with E-state index >= 15 is 0 Å². The van der Waals surface area contributed by atoms with Gasteiger partial charge >= 0.3 is 0 Å². The Morgan fingerprint density at radius 2 is 1.87 bits per heavy atom. The highest BCUT2D eigenvalue weighted by Crippen LogP contribution is 2.25. The largest absolute Gasteiger partial charge is 0.292 e. The van der Waals surface area contributed by atoms with Gasteiger partial charge in [0.05, 0.1) is 23.3 Å². The first-order valence-electron chi connectivity index (χ1n) is 6.94. The lowest BCUT2D eigenvalue weighted by molar-refractivity contribution is 0.0932. The molecule has 0 aliphatic heterocycles. The minimum Gasteiger partial charge on any atom is -0.292 e. The quantitative estimate of drug-likeness (QED) is 0.574. The maximum absolute atomic E-state index is 12.7. The van der Waals surface area contributed by atoms with E-state index in [4.69, 9.17) is 0 Å². The smallest absolute Gasteiger partial charge is 0.261 e. The van der Waals surface area contributed by atoms with Crippen molar-refractivity contribution >= 4 is 48.5 Å². The Morgan fingerprint density at radius 1 is 1.17 bits per heavy atom. The second kappa shape index (κ2) is 6.37. The highest BCUT2D eigenvalue weighted by molar-refractivity contribution is 9.11. The van der Waals surface area contributed by atoms with Crippen molar-refractivity contribution in [3.63, 3.8) is 0 Å². The molecule has 3 aromatic rings. The van der Waals surface area contributed by atoms with Crippen LogP contribution in [0.15, 0.2) is 62.5 Å². The number of carbonyl (C=O) groups is 1. The number of Topliss-reactive ketones (excluding diaryl/α,β-unsaturated/α-hetero) is 1. The van der Waals surface area contributed by atoms with Crippen LogP contribution in [-0.2, 0) is 0 Å². The lowest BCUT2D eigenvalue weighted by Crippen LogP contribution is -2.28. The molecule has 0 spiro atoms. The number of nitrogens with zero attached hydrogens (tertiary/aromatic N) is 2. The SMILES string of the molecule is CC(C(=O)c1ccccc1)n1cnc2c(Br)cc(Br)cc2c1=O. The van der Waals surface area contributed by atoms with Crippen LogP contribution >= 0.6 is 31.9 Å². The molecule has 116 valence electrons. The Kier molecular flexibility index (Phi) is 4.46. The van der Waals surface area contributed by atoms with Gasteiger partial charge in [-0.2, -0.15) is 0 Å². The molecule has 0 N–H and O–H groups in total. The lowest BCUT2D eigenvalue weighted by atomic mass is 10.1. The fourth-order valence-corrected chi connectivity index (χ4v) is 3.75. The van der Waals surface area contributed by atoms with Gasteiger partial charge in [-0.05, 0) is 35.0 Å². The van der Waals surface area contributed by atoms with E-state index in [9.17, 15) is 9.59 Å². The van der Waals surface area contributed by atoms with Crippen molar-refractivity contribution < 1.29 is 4.79 Å². The van der Waals surface area contributed by atoms with Crippen molar-refractivity contribution in [3.8, 4) is 0 Å². The van der Waals surface area contributed by atoms with Crippen molar-refractivity contribution in [1.29, 1.82) is 0 Å². The van der Waals surface area contributed by atoms with Gasteiger partial charge < -0.3 is 0 Å². The molecule has 23 heavy (non-hydrogen) atoms. The van der Waals surface area contributed by atoms with Gasteiger partial charge in [-0.25, -0.2) is 4.98 Å². The molecule has 0 aliphatic rings. The summed E-state index contributed by atoms with van der Waals surface area (Å²) in [6.45, 7) is 1.71. The first-order valence-corrected chi connectivity index (χ1v) is 8.53.